The number of hydrogen-bond acceptors (Lipinski definition) is 1. The minimum absolute atomic E-state index is 0.586. The van der Waals surface area contributed by atoms with Gasteiger partial charge in [-0.1, -0.05) is 6.07 Å². The average Bonchev–Trinajstić information content (AvgIpc) is 2.76. The van der Waals surface area contributed by atoms with Gasteiger partial charge in [-0.05, 0) is 47.8 Å². The maximum Gasteiger partial charge on any atom is 0.213 e. The van der Waals surface area contributed by atoms with Gasteiger partial charge in [0.15, 0.2) is 0 Å². The molecule has 0 saturated carbocycles. The minimum Gasteiger partial charge on any atom is -0.361 e. The highest BCUT2D eigenvalue weighted by atomic mass is 32.1. The molecule has 1 aromatic carbocycles. The zero-order valence-corrected chi connectivity index (χ0v) is 9.73. The summed E-state index contributed by atoms with van der Waals surface area (Å²) in [5, 5.41) is 4.90. The van der Waals surface area contributed by atoms with E-state index in [-0.39, 0.29) is 0 Å². The van der Waals surface area contributed by atoms with Crippen molar-refractivity contribution in [3.8, 4) is 0 Å². The molecule has 0 spiro atoms. The SMILES string of the molecule is [NH3+]NC(=S)NCCc1ccc2[nH]ccc2c1. The molecule has 5 heteroatoms. The number of thiocarbonyl (C=S) groups is 1. The standard InChI is InChI=1S/C11H14N4S/c12-15-11(16)14-5-3-8-1-2-10-9(7-8)4-6-13-10/h1-2,4,6-7,13H,3,5,12H2,(H2,14,15,16)/p+1. The second-order valence-corrected chi connectivity index (χ2v) is 3.99. The number of rotatable bonds is 3. The Bertz CT molecular complexity index is 491. The summed E-state index contributed by atoms with van der Waals surface area (Å²) in [5.41, 5.74) is 5.11. The quantitative estimate of drug-likeness (QED) is 0.458. The Morgan fingerprint density at radius 3 is 3.06 bits per heavy atom. The highest BCUT2D eigenvalue weighted by molar-refractivity contribution is 7.80. The van der Waals surface area contributed by atoms with Crippen LogP contribution in [0.1, 0.15) is 5.56 Å². The van der Waals surface area contributed by atoms with Gasteiger partial charge >= 0.3 is 0 Å². The Morgan fingerprint density at radius 1 is 1.38 bits per heavy atom. The van der Waals surface area contributed by atoms with E-state index in [1.165, 1.54) is 16.5 Å². The zero-order chi connectivity index (χ0) is 11.4. The van der Waals surface area contributed by atoms with Gasteiger partial charge in [-0.15, -0.1) is 0 Å². The van der Waals surface area contributed by atoms with E-state index >= 15 is 0 Å². The van der Waals surface area contributed by atoms with Crippen LogP contribution in [0.2, 0.25) is 0 Å². The fourth-order valence-corrected chi connectivity index (χ4v) is 1.74. The molecule has 0 fully saturated rings. The van der Waals surface area contributed by atoms with Gasteiger partial charge in [0.25, 0.3) is 0 Å². The molecule has 2 rings (SSSR count). The molecule has 84 valence electrons. The lowest BCUT2D eigenvalue weighted by atomic mass is 10.1. The van der Waals surface area contributed by atoms with Gasteiger partial charge in [-0.3, -0.25) is 5.84 Å². The monoisotopic (exact) mass is 235 g/mol. The van der Waals surface area contributed by atoms with Crippen LogP contribution in [0, 0.1) is 0 Å². The molecule has 0 radical (unpaired) electrons. The molecule has 0 bridgehead atoms. The van der Waals surface area contributed by atoms with Crippen LogP contribution < -0.4 is 16.6 Å². The fraction of sp³-hybridized carbons (Fsp3) is 0.182. The molecule has 1 aromatic heterocycles. The molecule has 0 saturated heterocycles. The summed E-state index contributed by atoms with van der Waals surface area (Å²) in [6.07, 6.45) is 2.90. The van der Waals surface area contributed by atoms with Crippen molar-refractivity contribution in [1.82, 2.24) is 15.7 Å². The second-order valence-electron chi connectivity index (χ2n) is 3.58. The van der Waals surface area contributed by atoms with E-state index in [1.54, 1.807) is 0 Å². The number of aromatic amines is 1. The molecular weight excluding hydrogens is 220 g/mol. The van der Waals surface area contributed by atoms with Crippen LogP contribution in [0.4, 0.5) is 0 Å². The third kappa shape index (κ3) is 2.50. The summed E-state index contributed by atoms with van der Waals surface area (Å²) in [6, 6.07) is 8.49. The zero-order valence-electron chi connectivity index (χ0n) is 8.92. The number of aromatic nitrogens is 1. The molecule has 16 heavy (non-hydrogen) atoms. The van der Waals surface area contributed by atoms with Crippen molar-refractivity contribution in [2.45, 2.75) is 6.42 Å². The van der Waals surface area contributed by atoms with Crippen molar-refractivity contribution >= 4 is 28.2 Å². The van der Waals surface area contributed by atoms with E-state index in [9.17, 15) is 0 Å². The summed E-state index contributed by atoms with van der Waals surface area (Å²) in [6.45, 7) is 0.817. The molecule has 2 aromatic rings. The van der Waals surface area contributed by atoms with E-state index in [0.717, 1.165) is 13.0 Å². The molecule has 0 aliphatic carbocycles. The predicted molar refractivity (Wildman–Crippen MR) is 68.6 cm³/mol. The third-order valence-electron chi connectivity index (χ3n) is 2.48. The molecule has 4 nitrogen and oxygen atoms in total. The number of nitrogens with one attached hydrogen (secondary N) is 3. The Morgan fingerprint density at radius 2 is 2.25 bits per heavy atom. The average molecular weight is 235 g/mol. The molecule has 1 heterocycles. The van der Waals surface area contributed by atoms with E-state index in [1.807, 2.05) is 6.20 Å². The topological polar surface area (TPSA) is 67.5 Å². The summed E-state index contributed by atoms with van der Waals surface area (Å²) in [4.78, 5) is 3.18. The van der Waals surface area contributed by atoms with Crippen LogP contribution in [0.5, 0.6) is 0 Å². The Hall–Kier alpha value is -1.59. The van der Waals surface area contributed by atoms with Gasteiger partial charge in [-0.2, -0.15) is 0 Å². The first-order chi connectivity index (χ1) is 7.79. The predicted octanol–water partition coefficient (Wildman–Crippen LogP) is 0.331. The first kappa shape index (κ1) is 10.9. The number of quaternary nitrogens is 1. The lowest BCUT2D eigenvalue weighted by Gasteiger charge is -2.05. The summed E-state index contributed by atoms with van der Waals surface area (Å²) in [7, 11) is 0. The van der Waals surface area contributed by atoms with Crippen LogP contribution in [-0.4, -0.2) is 16.6 Å². The maximum atomic E-state index is 4.94. The van der Waals surface area contributed by atoms with Crippen molar-refractivity contribution in [1.29, 1.82) is 0 Å². The van der Waals surface area contributed by atoms with Crippen molar-refractivity contribution in [3.63, 3.8) is 0 Å². The molecule has 0 aliphatic rings. The van der Waals surface area contributed by atoms with Gasteiger partial charge in [0.05, 0.1) is 0 Å². The summed E-state index contributed by atoms with van der Waals surface area (Å²) >= 11 is 4.94. The van der Waals surface area contributed by atoms with Crippen LogP contribution in [0.25, 0.3) is 10.9 Å². The van der Waals surface area contributed by atoms with Crippen LogP contribution in [0.3, 0.4) is 0 Å². The van der Waals surface area contributed by atoms with E-state index in [4.69, 9.17) is 12.2 Å². The minimum atomic E-state index is 0.586. The molecular formula is C11H15N4S+. The molecule has 6 N–H and O–H groups in total. The van der Waals surface area contributed by atoms with Crippen LogP contribution in [-0.2, 0) is 6.42 Å². The third-order valence-corrected chi connectivity index (χ3v) is 2.77. The number of H-pyrrole nitrogens is 1. The second kappa shape index (κ2) is 4.96. The maximum absolute atomic E-state index is 4.94. The lowest BCUT2D eigenvalue weighted by molar-refractivity contribution is -0.419. The highest BCUT2D eigenvalue weighted by Crippen LogP contribution is 2.14. The number of fused-ring (bicyclic) bond motifs is 1. The lowest BCUT2D eigenvalue weighted by Crippen LogP contribution is -2.69. The summed E-state index contributed by atoms with van der Waals surface area (Å²) in [5.74, 6) is 3.49. The summed E-state index contributed by atoms with van der Waals surface area (Å²) < 4.78 is 0. The van der Waals surface area contributed by atoms with Crippen LogP contribution >= 0.6 is 12.2 Å². The van der Waals surface area contributed by atoms with E-state index < -0.39 is 0 Å². The first-order valence-electron chi connectivity index (χ1n) is 5.16. The van der Waals surface area contributed by atoms with E-state index in [0.29, 0.717) is 5.11 Å². The smallest absolute Gasteiger partial charge is 0.213 e. The van der Waals surface area contributed by atoms with Gasteiger partial charge in [0.2, 0.25) is 5.11 Å². The Labute approximate surface area is 99.2 Å². The largest absolute Gasteiger partial charge is 0.361 e. The van der Waals surface area contributed by atoms with Crippen molar-refractivity contribution in [3.05, 3.63) is 36.0 Å². The van der Waals surface area contributed by atoms with Gasteiger partial charge < -0.3 is 10.3 Å². The van der Waals surface area contributed by atoms with E-state index in [2.05, 4.69) is 45.8 Å². The van der Waals surface area contributed by atoms with Crippen molar-refractivity contribution in [2.75, 3.05) is 6.54 Å². The molecule has 0 atom stereocenters. The van der Waals surface area contributed by atoms with Crippen molar-refractivity contribution < 1.29 is 5.84 Å². The van der Waals surface area contributed by atoms with Crippen molar-refractivity contribution in [2.24, 2.45) is 0 Å². The molecule has 0 aliphatic heterocycles. The van der Waals surface area contributed by atoms with Gasteiger partial charge in [0.1, 0.15) is 0 Å². The van der Waals surface area contributed by atoms with Crippen LogP contribution in [0.15, 0.2) is 30.5 Å². The number of hydrogen-bond donors (Lipinski definition) is 4. The van der Waals surface area contributed by atoms with Gasteiger partial charge in [-0.25, -0.2) is 5.43 Å². The normalized spacial score (nSPS) is 10.3. The Kier molecular flexibility index (Phi) is 3.38. The first-order valence-corrected chi connectivity index (χ1v) is 5.57. The highest BCUT2D eigenvalue weighted by Gasteiger charge is 1.98. The Balaban J connectivity index is 1.96. The molecule has 0 unspecified atom stereocenters. The molecule has 0 amide bonds. The van der Waals surface area contributed by atoms with Gasteiger partial charge in [0, 0.05) is 18.3 Å². The number of benzene rings is 1. The fourth-order valence-electron chi connectivity index (χ4n) is 1.64.